The van der Waals surface area contributed by atoms with Gasteiger partial charge in [-0.25, -0.2) is 4.98 Å². The Bertz CT molecular complexity index is 1040. The zero-order chi connectivity index (χ0) is 15.8. The maximum Gasteiger partial charge on any atom is 0.283 e. The minimum Gasteiger partial charge on any atom is -0.291 e. The first-order valence-electron chi connectivity index (χ1n) is 6.57. The fourth-order valence-electron chi connectivity index (χ4n) is 2.15. The van der Waals surface area contributed by atoms with Crippen LogP contribution in [0.4, 0.5) is 0 Å². The summed E-state index contributed by atoms with van der Waals surface area (Å²) in [5, 5.41) is 11.9. The number of para-hydroxylation sites is 1. The minimum absolute atomic E-state index is 0.190. The molecule has 0 spiro atoms. The Morgan fingerprint density at radius 1 is 1.17 bits per heavy atom. The molecule has 1 aromatic carbocycles. The maximum absolute atomic E-state index is 12.5. The quantitative estimate of drug-likeness (QED) is 0.559. The zero-order valence-electron chi connectivity index (χ0n) is 11.5. The number of rotatable bonds is 3. The fourth-order valence-corrected chi connectivity index (χ4v) is 2.76. The SMILES string of the molecule is O=c1c2nnn(-c3ccccc3)c2ncn1Cc1nnsc1Cl. The van der Waals surface area contributed by atoms with Crippen LogP contribution in [0.15, 0.2) is 41.5 Å². The molecule has 0 radical (unpaired) electrons. The van der Waals surface area contributed by atoms with Gasteiger partial charge < -0.3 is 0 Å². The number of fused-ring (bicyclic) bond motifs is 1. The van der Waals surface area contributed by atoms with Crippen LogP contribution in [0.1, 0.15) is 5.69 Å². The average molecular weight is 346 g/mol. The Balaban J connectivity index is 1.81. The first-order chi connectivity index (χ1) is 11.2. The lowest BCUT2D eigenvalue weighted by Gasteiger charge is -2.03. The fraction of sp³-hybridized carbons (Fsp3) is 0.0769. The van der Waals surface area contributed by atoms with Crippen molar-refractivity contribution in [2.24, 2.45) is 0 Å². The molecular formula is C13H8ClN7OS. The molecular weight excluding hydrogens is 338 g/mol. The van der Waals surface area contributed by atoms with Crippen LogP contribution in [0.25, 0.3) is 16.9 Å². The summed E-state index contributed by atoms with van der Waals surface area (Å²) in [6, 6.07) is 9.38. The molecule has 3 aromatic heterocycles. The maximum atomic E-state index is 12.5. The molecule has 0 aliphatic heterocycles. The summed E-state index contributed by atoms with van der Waals surface area (Å²) in [6.07, 6.45) is 1.43. The van der Waals surface area contributed by atoms with Crippen LogP contribution in [-0.4, -0.2) is 34.1 Å². The molecule has 4 rings (SSSR count). The number of benzene rings is 1. The molecule has 0 amide bonds. The molecule has 0 unspecified atom stereocenters. The van der Waals surface area contributed by atoms with E-state index < -0.39 is 0 Å². The number of nitrogens with zero attached hydrogens (tertiary/aromatic N) is 7. The summed E-state index contributed by atoms with van der Waals surface area (Å²) in [6.45, 7) is 0.190. The summed E-state index contributed by atoms with van der Waals surface area (Å²) in [7, 11) is 0. The van der Waals surface area contributed by atoms with Crippen molar-refractivity contribution in [3.63, 3.8) is 0 Å². The summed E-state index contributed by atoms with van der Waals surface area (Å²) >= 11 is 7.04. The van der Waals surface area contributed by atoms with E-state index in [4.69, 9.17) is 11.6 Å². The Labute approximate surface area is 138 Å². The summed E-state index contributed by atoms with van der Waals surface area (Å²) in [5.41, 5.74) is 1.60. The van der Waals surface area contributed by atoms with Gasteiger partial charge in [0.25, 0.3) is 5.56 Å². The predicted octanol–water partition coefficient (Wildman–Crippen LogP) is 1.53. The second-order valence-corrected chi connectivity index (χ2v) is 6.04. The third kappa shape index (κ3) is 2.39. The smallest absolute Gasteiger partial charge is 0.283 e. The van der Waals surface area contributed by atoms with E-state index in [-0.39, 0.29) is 17.6 Å². The van der Waals surface area contributed by atoms with E-state index in [9.17, 15) is 4.79 Å². The van der Waals surface area contributed by atoms with Crippen molar-refractivity contribution in [2.75, 3.05) is 0 Å². The van der Waals surface area contributed by atoms with Crippen molar-refractivity contribution in [3.05, 3.63) is 57.0 Å². The molecule has 0 atom stereocenters. The molecule has 10 heteroatoms. The van der Waals surface area contributed by atoms with Gasteiger partial charge in [-0.2, -0.15) is 4.68 Å². The van der Waals surface area contributed by atoms with Gasteiger partial charge in [-0.3, -0.25) is 9.36 Å². The van der Waals surface area contributed by atoms with E-state index in [1.165, 1.54) is 15.6 Å². The van der Waals surface area contributed by atoms with Crippen molar-refractivity contribution < 1.29 is 0 Å². The van der Waals surface area contributed by atoms with Crippen LogP contribution in [0.3, 0.4) is 0 Å². The molecule has 114 valence electrons. The van der Waals surface area contributed by atoms with Gasteiger partial charge in [0.15, 0.2) is 11.2 Å². The first-order valence-corrected chi connectivity index (χ1v) is 7.72. The lowest BCUT2D eigenvalue weighted by Crippen LogP contribution is -2.21. The lowest BCUT2D eigenvalue weighted by molar-refractivity contribution is 0.724. The first kappa shape index (κ1) is 14.0. The van der Waals surface area contributed by atoms with E-state index in [0.717, 1.165) is 17.2 Å². The van der Waals surface area contributed by atoms with Gasteiger partial charge in [0, 0.05) is 11.5 Å². The van der Waals surface area contributed by atoms with Crippen molar-refractivity contribution in [2.45, 2.75) is 6.54 Å². The van der Waals surface area contributed by atoms with Crippen LogP contribution in [0.2, 0.25) is 4.34 Å². The van der Waals surface area contributed by atoms with E-state index in [1.807, 2.05) is 30.3 Å². The molecule has 8 nitrogen and oxygen atoms in total. The molecule has 0 saturated heterocycles. The highest BCUT2D eigenvalue weighted by Gasteiger charge is 2.14. The van der Waals surface area contributed by atoms with Crippen LogP contribution in [0.5, 0.6) is 0 Å². The molecule has 23 heavy (non-hydrogen) atoms. The van der Waals surface area contributed by atoms with Crippen molar-refractivity contribution in [1.82, 2.24) is 34.1 Å². The largest absolute Gasteiger partial charge is 0.291 e. The standard InChI is InChI=1S/C13H8ClN7OS/c14-11-9(16-19-23-11)6-20-7-15-12-10(13(20)22)17-18-21(12)8-4-2-1-3-5-8/h1-5,7H,6H2. The van der Waals surface area contributed by atoms with Crippen molar-refractivity contribution in [3.8, 4) is 5.69 Å². The molecule has 0 aliphatic carbocycles. The van der Waals surface area contributed by atoms with Crippen molar-refractivity contribution >= 4 is 34.3 Å². The summed E-state index contributed by atoms with van der Waals surface area (Å²) < 4.78 is 7.10. The van der Waals surface area contributed by atoms with E-state index >= 15 is 0 Å². The number of aromatic nitrogens is 7. The van der Waals surface area contributed by atoms with E-state index in [2.05, 4.69) is 24.9 Å². The third-order valence-electron chi connectivity index (χ3n) is 3.26. The Morgan fingerprint density at radius 3 is 2.74 bits per heavy atom. The number of hydrogen-bond acceptors (Lipinski definition) is 7. The summed E-state index contributed by atoms with van der Waals surface area (Å²) in [5.74, 6) is 0. The Kier molecular flexibility index (Phi) is 3.36. The highest BCUT2D eigenvalue weighted by molar-refractivity contribution is 7.10. The van der Waals surface area contributed by atoms with Gasteiger partial charge in [-0.1, -0.05) is 39.5 Å². The second-order valence-electron chi connectivity index (χ2n) is 4.68. The highest BCUT2D eigenvalue weighted by atomic mass is 35.5. The van der Waals surface area contributed by atoms with Gasteiger partial charge in [-0.15, -0.1) is 10.2 Å². The van der Waals surface area contributed by atoms with Crippen LogP contribution in [0, 0.1) is 0 Å². The molecule has 0 N–H and O–H groups in total. The topological polar surface area (TPSA) is 91.4 Å². The summed E-state index contributed by atoms with van der Waals surface area (Å²) in [4.78, 5) is 16.8. The molecule has 4 aromatic rings. The monoisotopic (exact) mass is 345 g/mol. The van der Waals surface area contributed by atoms with Gasteiger partial charge in [0.1, 0.15) is 16.4 Å². The van der Waals surface area contributed by atoms with Gasteiger partial charge in [0.05, 0.1) is 12.2 Å². The Morgan fingerprint density at radius 2 is 2.00 bits per heavy atom. The highest BCUT2D eigenvalue weighted by Crippen LogP contribution is 2.18. The number of halogens is 1. The predicted molar refractivity (Wildman–Crippen MR) is 84.9 cm³/mol. The van der Waals surface area contributed by atoms with Crippen LogP contribution in [-0.2, 0) is 6.54 Å². The minimum atomic E-state index is -0.304. The van der Waals surface area contributed by atoms with E-state index in [0.29, 0.717) is 15.7 Å². The Hall–Kier alpha value is -2.65. The molecule has 0 bridgehead atoms. The van der Waals surface area contributed by atoms with Crippen molar-refractivity contribution in [1.29, 1.82) is 0 Å². The van der Waals surface area contributed by atoms with Gasteiger partial charge in [-0.05, 0) is 12.1 Å². The van der Waals surface area contributed by atoms with Crippen LogP contribution < -0.4 is 5.56 Å². The zero-order valence-corrected chi connectivity index (χ0v) is 13.1. The molecule has 0 aliphatic rings. The lowest BCUT2D eigenvalue weighted by atomic mass is 10.3. The second kappa shape index (κ2) is 5.52. The molecule has 3 heterocycles. The van der Waals surface area contributed by atoms with E-state index in [1.54, 1.807) is 0 Å². The normalized spacial score (nSPS) is 11.2. The molecule has 0 saturated carbocycles. The molecule has 0 fully saturated rings. The average Bonchev–Trinajstić information content (AvgIpc) is 3.18. The number of hydrogen-bond donors (Lipinski definition) is 0. The third-order valence-corrected chi connectivity index (χ3v) is 4.24. The van der Waals surface area contributed by atoms with Gasteiger partial charge in [0.2, 0.25) is 0 Å². The van der Waals surface area contributed by atoms with Crippen LogP contribution >= 0.6 is 23.1 Å². The van der Waals surface area contributed by atoms with Gasteiger partial charge >= 0.3 is 0 Å².